The third kappa shape index (κ3) is 2.30. The molecule has 2 heterocycles. The Hall–Kier alpha value is -1.62. The highest BCUT2D eigenvalue weighted by molar-refractivity contribution is 6.28. The minimum atomic E-state index is 0.0414. The Morgan fingerprint density at radius 3 is 2.94 bits per heavy atom. The minimum absolute atomic E-state index is 0.0414. The number of nitrogens with one attached hydrogen (secondary N) is 2. The summed E-state index contributed by atoms with van der Waals surface area (Å²) in [7, 11) is 0. The molecule has 84 valence electrons. The van der Waals surface area contributed by atoms with E-state index in [4.69, 9.17) is 11.6 Å². The Balaban J connectivity index is 2.17. The summed E-state index contributed by atoms with van der Waals surface area (Å²) >= 11 is 5.74. The first-order valence-corrected chi connectivity index (χ1v) is 5.29. The second-order valence-corrected chi connectivity index (χ2v) is 3.85. The molecule has 6 heteroatoms. The molecule has 1 unspecified atom stereocenters. The van der Waals surface area contributed by atoms with Gasteiger partial charge in [-0.3, -0.25) is 0 Å². The number of anilines is 1. The van der Waals surface area contributed by atoms with Gasteiger partial charge in [0.1, 0.15) is 11.6 Å². The third-order valence-corrected chi connectivity index (χ3v) is 2.41. The summed E-state index contributed by atoms with van der Waals surface area (Å²) in [4.78, 5) is 15.2. The van der Waals surface area contributed by atoms with Crippen molar-refractivity contribution in [3.05, 3.63) is 35.3 Å². The lowest BCUT2D eigenvalue weighted by atomic mass is 10.3. The molecule has 2 aromatic rings. The van der Waals surface area contributed by atoms with Gasteiger partial charge in [0, 0.05) is 24.2 Å². The molecule has 0 bridgehead atoms. The van der Waals surface area contributed by atoms with Gasteiger partial charge >= 0.3 is 0 Å². The molecule has 0 aliphatic heterocycles. The van der Waals surface area contributed by atoms with Crippen LogP contribution in [0.2, 0.25) is 5.28 Å². The lowest BCUT2D eigenvalue weighted by molar-refractivity contribution is 0.800. The van der Waals surface area contributed by atoms with Crippen molar-refractivity contribution in [2.45, 2.75) is 19.9 Å². The molecule has 0 fully saturated rings. The molecular formula is C10H12ClN5. The number of nitrogens with zero attached hydrogens (tertiary/aromatic N) is 3. The summed E-state index contributed by atoms with van der Waals surface area (Å²) in [6.07, 6.45) is 5.19. The van der Waals surface area contributed by atoms with Gasteiger partial charge in [0.05, 0.1) is 6.04 Å². The zero-order chi connectivity index (χ0) is 11.5. The zero-order valence-corrected chi connectivity index (χ0v) is 9.78. The molecule has 0 spiro atoms. The molecule has 16 heavy (non-hydrogen) atoms. The quantitative estimate of drug-likeness (QED) is 0.805. The van der Waals surface area contributed by atoms with Crippen LogP contribution in [0.15, 0.2) is 18.6 Å². The lowest BCUT2D eigenvalue weighted by Crippen LogP contribution is -2.11. The van der Waals surface area contributed by atoms with Crippen LogP contribution in [0.1, 0.15) is 24.4 Å². The van der Waals surface area contributed by atoms with E-state index in [-0.39, 0.29) is 11.3 Å². The predicted molar refractivity (Wildman–Crippen MR) is 62.4 cm³/mol. The summed E-state index contributed by atoms with van der Waals surface area (Å²) in [5.41, 5.74) is 0.947. The van der Waals surface area contributed by atoms with Gasteiger partial charge in [-0.15, -0.1) is 0 Å². The molecular weight excluding hydrogens is 226 g/mol. The number of rotatable bonds is 3. The minimum Gasteiger partial charge on any atom is -0.360 e. The molecule has 0 amide bonds. The number of aromatic amines is 1. The van der Waals surface area contributed by atoms with Crippen LogP contribution in [0.25, 0.3) is 0 Å². The van der Waals surface area contributed by atoms with Crippen molar-refractivity contribution in [1.29, 1.82) is 0 Å². The van der Waals surface area contributed by atoms with Crippen molar-refractivity contribution >= 4 is 17.4 Å². The standard InChI is InChI=1S/C10H12ClN5/c1-6-5-14-10(11)16-8(6)15-7(2)9-12-3-4-13-9/h3-5,7H,1-2H3,(H,12,13)(H,14,15,16). The maximum absolute atomic E-state index is 5.74. The van der Waals surface area contributed by atoms with Gasteiger partial charge < -0.3 is 10.3 Å². The number of hydrogen-bond donors (Lipinski definition) is 2. The Morgan fingerprint density at radius 2 is 2.25 bits per heavy atom. The van der Waals surface area contributed by atoms with Crippen molar-refractivity contribution in [3.8, 4) is 0 Å². The average Bonchev–Trinajstić information content (AvgIpc) is 2.76. The first-order chi connectivity index (χ1) is 7.66. The zero-order valence-electron chi connectivity index (χ0n) is 9.03. The van der Waals surface area contributed by atoms with E-state index in [1.165, 1.54) is 0 Å². The molecule has 0 saturated heterocycles. The number of imidazole rings is 1. The lowest BCUT2D eigenvalue weighted by Gasteiger charge is -2.13. The van der Waals surface area contributed by atoms with Gasteiger partial charge in [-0.1, -0.05) is 0 Å². The topological polar surface area (TPSA) is 66.5 Å². The predicted octanol–water partition coefficient (Wildman–Crippen LogP) is 2.33. The van der Waals surface area contributed by atoms with Gasteiger partial charge in [-0.05, 0) is 25.4 Å². The number of hydrogen-bond acceptors (Lipinski definition) is 4. The smallest absolute Gasteiger partial charge is 0.224 e. The largest absolute Gasteiger partial charge is 0.360 e. The molecule has 2 aromatic heterocycles. The van der Waals surface area contributed by atoms with Crippen LogP contribution in [0.4, 0.5) is 5.82 Å². The van der Waals surface area contributed by atoms with E-state index in [1.54, 1.807) is 18.6 Å². The summed E-state index contributed by atoms with van der Waals surface area (Å²) in [6, 6.07) is 0.0414. The van der Waals surface area contributed by atoms with Crippen molar-refractivity contribution in [2.75, 3.05) is 5.32 Å². The first kappa shape index (κ1) is 10.9. The normalized spacial score (nSPS) is 12.4. The maximum atomic E-state index is 5.74. The van der Waals surface area contributed by atoms with Crippen molar-refractivity contribution in [2.24, 2.45) is 0 Å². The molecule has 0 saturated carbocycles. The van der Waals surface area contributed by atoms with Crippen LogP contribution in [0.3, 0.4) is 0 Å². The first-order valence-electron chi connectivity index (χ1n) is 4.92. The second-order valence-electron chi connectivity index (χ2n) is 3.51. The summed E-state index contributed by atoms with van der Waals surface area (Å²) in [5.74, 6) is 1.58. The van der Waals surface area contributed by atoms with Gasteiger partial charge in [-0.2, -0.15) is 0 Å². The highest BCUT2D eigenvalue weighted by Crippen LogP contribution is 2.18. The highest BCUT2D eigenvalue weighted by atomic mass is 35.5. The van der Waals surface area contributed by atoms with Crippen LogP contribution in [0, 0.1) is 6.92 Å². The van der Waals surface area contributed by atoms with Crippen molar-refractivity contribution < 1.29 is 0 Å². The Labute approximate surface area is 98.3 Å². The van der Waals surface area contributed by atoms with E-state index < -0.39 is 0 Å². The van der Waals surface area contributed by atoms with Crippen molar-refractivity contribution in [3.63, 3.8) is 0 Å². The SMILES string of the molecule is Cc1cnc(Cl)nc1NC(C)c1ncc[nH]1. The Kier molecular flexibility index (Phi) is 3.05. The van der Waals surface area contributed by atoms with Crippen LogP contribution < -0.4 is 5.32 Å². The molecule has 0 aliphatic carbocycles. The number of aryl methyl sites for hydroxylation is 1. The maximum Gasteiger partial charge on any atom is 0.224 e. The average molecular weight is 238 g/mol. The van der Waals surface area contributed by atoms with Crippen LogP contribution in [-0.4, -0.2) is 19.9 Å². The summed E-state index contributed by atoms with van der Waals surface area (Å²) < 4.78 is 0. The number of halogens is 1. The van der Waals surface area contributed by atoms with E-state index in [2.05, 4.69) is 25.3 Å². The summed E-state index contributed by atoms with van der Waals surface area (Å²) in [5, 5.41) is 3.46. The molecule has 1 atom stereocenters. The van der Waals surface area contributed by atoms with Crippen LogP contribution in [0.5, 0.6) is 0 Å². The fourth-order valence-corrected chi connectivity index (χ4v) is 1.49. The van der Waals surface area contributed by atoms with Crippen LogP contribution in [-0.2, 0) is 0 Å². The number of H-pyrrole nitrogens is 1. The Bertz CT molecular complexity index is 468. The molecule has 2 rings (SSSR count). The molecule has 2 N–H and O–H groups in total. The van der Waals surface area contributed by atoms with Crippen molar-refractivity contribution in [1.82, 2.24) is 19.9 Å². The fraction of sp³-hybridized carbons (Fsp3) is 0.300. The van der Waals surface area contributed by atoms with Crippen LogP contribution >= 0.6 is 11.6 Å². The van der Waals surface area contributed by atoms with E-state index in [1.807, 2.05) is 13.8 Å². The second kappa shape index (κ2) is 4.49. The van der Waals surface area contributed by atoms with E-state index in [0.29, 0.717) is 0 Å². The third-order valence-electron chi connectivity index (χ3n) is 2.23. The molecule has 5 nitrogen and oxygen atoms in total. The molecule has 0 aliphatic rings. The Morgan fingerprint density at radius 1 is 1.44 bits per heavy atom. The van der Waals surface area contributed by atoms with Gasteiger partial charge in [0.2, 0.25) is 5.28 Å². The van der Waals surface area contributed by atoms with Gasteiger partial charge in [-0.25, -0.2) is 15.0 Å². The molecule has 0 aromatic carbocycles. The number of aromatic nitrogens is 4. The fourth-order valence-electron chi connectivity index (χ4n) is 1.35. The van der Waals surface area contributed by atoms with Gasteiger partial charge in [0.25, 0.3) is 0 Å². The van der Waals surface area contributed by atoms with Gasteiger partial charge in [0.15, 0.2) is 0 Å². The monoisotopic (exact) mass is 237 g/mol. The summed E-state index contributed by atoms with van der Waals surface area (Å²) in [6.45, 7) is 3.92. The molecule has 0 radical (unpaired) electrons. The van der Waals surface area contributed by atoms with E-state index in [9.17, 15) is 0 Å². The van der Waals surface area contributed by atoms with E-state index >= 15 is 0 Å². The highest BCUT2D eigenvalue weighted by Gasteiger charge is 2.10. The van der Waals surface area contributed by atoms with E-state index in [0.717, 1.165) is 17.2 Å².